The van der Waals surface area contributed by atoms with E-state index in [2.05, 4.69) is 10.2 Å². The Balaban J connectivity index is 1.72. The van der Waals surface area contributed by atoms with Gasteiger partial charge in [0.05, 0.1) is 10.9 Å². The maximum Gasteiger partial charge on any atom is 0.264 e. The van der Waals surface area contributed by atoms with E-state index in [4.69, 9.17) is 0 Å². The largest absolute Gasteiger partial charge is 0.328 e. The molecule has 1 unspecified atom stereocenters. The normalized spacial score (nSPS) is 18.5. The molecular weight excluding hydrogens is 284 g/mol. The molecule has 0 saturated carbocycles. The number of nitrogens with zero attached hydrogens (tertiary/aromatic N) is 4. The zero-order valence-electron chi connectivity index (χ0n) is 11.3. The van der Waals surface area contributed by atoms with Crippen LogP contribution in [-0.4, -0.2) is 31.9 Å². The summed E-state index contributed by atoms with van der Waals surface area (Å²) in [6.07, 6.45) is 3.90. The Labute approximate surface area is 125 Å². The molecule has 0 aliphatic carbocycles. The van der Waals surface area contributed by atoms with Gasteiger partial charge in [-0.2, -0.15) is 0 Å². The molecule has 1 atom stereocenters. The Morgan fingerprint density at radius 3 is 3.05 bits per heavy atom. The van der Waals surface area contributed by atoms with Gasteiger partial charge >= 0.3 is 0 Å². The summed E-state index contributed by atoms with van der Waals surface area (Å²) in [5.41, 5.74) is 0.822. The van der Waals surface area contributed by atoms with Crippen molar-refractivity contribution in [2.75, 3.05) is 6.54 Å². The van der Waals surface area contributed by atoms with Gasteiger partial charge in [0.15, 0.2) is 11.5 Å². The van der Waals surface area contributed by atoms with Crippen molar-refractivity contribution in [3.8, 4) is 0 Å². The van der Waals surface area contributed by atoms with E-state index in [0.29, 0.717) is 0 Å². The van der Waals surface area contributed by atoms with Gasteiger partial charge in [-0.05, 0) is 36.4 Å². The molecule has 1 aliphatic heterocycles. The lowest BCUT2D eigenvalue weighted by atomic mass is 10.2. The fourth-order valence-corrected chi connectivity index (χ4v) is 3.59. The topological polar surface area (TPSA) is 50.5 Å². The predicted octanol–water partition coefficient (Wildman–Crippen LogP) is 2.77. The molecule has 0 bridgehead atoms. The zero-order valence-corrected chi connectivity index (χ0v) is 12.2. The van der Waals surface area contributed by atoms with Gasteiger partial charge in [0.2, 0.25) is 0 Å². The molecule has 0 radical (unpaired) electrons. The molecule has 4 heterocycles. The third-order valence-electron chi connectivity index (χ3n) is 3.88. The van der Waals surface area contributed by atoms with Gasteiger partial charge in [-0.1, -0.05) is 12.1 Å². The highest BCUT2D eigenvalue weighted by molar-refractivity contribution is 7.12. The maximum atomic E-state index is 12.6. The lowest BCUT2D eigenvalue weighted by Crippen LogP contribution is -2.31. The molecular formula is C15H14N4OS. The number of fused-ring (bicyclic) bond motifs is 1. The summed E-state index contributed by atoms with van der Waals surface area (Å²) in [6.45, 7) is 0.781. The van der Waals surface area contributed by atoms with Crippen molar-refractivity contribution in [1.29, 1.82) is 0 Å². The van der Waals surface area contributed by atoms with E-state index >= 15 is 0 Å². The fourth-order valence-electron chi connectivity index (χ4n) is 2.91. The van der Waals surface area contributed by atoms with Crippen LogP contribution in [0.2, 0.25) is 0 Å². The van der Waals surface area contributed by atoms with Crippen molar-refractivity contribution in [2.45, 2.75) is 18.9 Å². The number of carbonyl (C=O) groups is 1. The van der Waals surface area contributed by atoms with Crippen LogP contribution in [0.3, 0.4) is 0 Å². The van der Waals surface area contributed by atoms with E-state index < -0.39 is 0 Å². The van der Waals surface area contributed by atoms with Crippen LogP contribution in [0.1, 0.15) is 34.4 Å². The zero-order chi connectivity index (χ0) is 14.2. The first-order chi connectivity index (χ1) is 10.3. The molecule has 3 aromatic rings. The lowest BCUT2D eigenvalue weighted by Gasteiger charge is -2.22. The van der Waals surface area contributed by atoms with Crippen LogP contribution in [-0.2, 0) is 0 Å². The highest BCUT2D eigenvalue weighted by atomic mass is 32.1. The summed E-state index contributed by atoms with van der Waals surface area (Å²) in [7, 11) is 0. The van der Waals surface area contributed by atoms with Gasteiger partial charge in [0.25, 0.3) is 5.91 Å². The number of pyridine rings is 1. The molecule has 6 heteroatoms. The van der Waals surface area contributed by atoms with Crippen LogP contribution >= 0.6 is 11.3 Å². The Bertz CT molecular complexity index is 780. The SMILES string of the molecule is O=C(c1cccs1)N1CCCC1c1nnc2ccccn12. The van der Waals surface area contributed by atoms with E-state index in [1.807, 2.05) is 51.2 Å². The average Bonchev–Trinajstić information content (AvgIpc) is 3.25. The number of rotatable bonds is 2. The molecule has 3 aromatic heterocycles. The molecule has 5 nitrogen and oxygen atoms in total. The Morgan fingerprint density at radius 1 is 1.24 bits per heavy atom. The van der Waals surface area contributed by atoms with E-state index in [-0.39, 0.29) is 11.9 Å². The van der Waals surface area contributed by atoms with E-state index in [1.165, 1.54) is 11.3 Å². The Hall–Kier alpha value is -2.21. The van der Waals surface area contributed by atoms with Crippen LogP contribution in [0.4, 0.5) is 0 Å². The Kier molecular flexibility index (Phi) is 2.96. The number of aromatic nitrogens is 3. The molecule has 21 heavy (non-hydrogen) atoms. The molecule has 0 N–H and O–H groups in total. The van der Waals surface area contributed by atoms with Crippen LogP contribution in [0.5, 0.6) is 0 Å². The first kappa shape index (κ1) is 12.5. The molecule has 1 aliphatic rings. The van der Waals surface area contributed by atoms with Crippen LogP contribution in [0.25, 0.3) is 5.65 Å². The van der Waals surface area contributed by atoms with E-state index in [1.54, 1.807) is 0 Å². The summed E-state index contributed by atoms with van der Waals surface area (Å²) < 4.78 is 1.98. The second-order valence-corrected chi connectivity index (χ2v) is 6.07. The summed E-state index contributed by atoms with van der Waals surface area (Å²) in [5, 5.41) is 10.4. The second-order valence-electron chi connectivity index (χ2n) is 5.12. The van der Waals surface area contributed by atoms with Gasteiger partial charge in [-0.15, -0.1) is 21.5 Å². The van der Waals surface area contributed by atoms with Crippen molar-refractivity contribution in [2.24, 2.45) is 0 Å². The lowest BCUT2D eigenvalue weighted by molar-refractivity contribution is 0.0734. The standard InChI is InChI=1S/C15H14N4OS/c20-15(12-6-4-10-21-12)18-9-3-5-11(18)14-17-16-13-7-1-2-8-19(13)14/h1-2,4,6-8,10-11H,3,5,9H2. The molecule has 4 rings (SSSR count). The molecule has 1 fully saturated rings. The summed E-state index contributed by atoms with van der Waals surface area (Å²) >= 11 is 1.49. The minimum absolute atomic E-state index is 0.0111. The maximum absolute atomic E-state index is 12.6. The molecule has 0 spiro atoms. The number of carbonyl (C=O) groups excluding carboxylic acids is 1. The van der Waals surface area contributed by atoms with Crippen molar-refractivity contribution < 1.29 is 4.79 Å². The number of amides is 1. The smallest absolute Gasteiger partial charge is 0.264 e. The van der Waals surface area contributed by atoms with Gasteiger partial charge in [0, 0.05) is 12.7 Å². The van der Waals surface area contributed by atoms with Crippen LogP contribution in [0, 0.1) is 0 Å². The second kappa shape index (κ2) is 4.96. The molecule has 1 amide bonds. The minimum Gasteiger partial charge on any atom is -0.328 e. The summed E-state index contributed by atoms with van der Waals surface area (Å²) in [5.74, 6) is 0.952. The van der Waals surface area contributed by atoms with Crippen LogP contribution < -0.4 is 0 Å². The third kappa shape index (κ3) is 2.03. The summed E-state index contributed by atoms with van der Waals surface area (Å²) in [6, 6.07) is 9.63. The van der Waals surface area contributed by atoms with Gasteiger partial charge < -0.3 is 4.90 Å². The van der Waals surface area contributed by atoms with Gasteiger partial charge in [-0.3, -0.25) is 9.20 Å². The monoisotopic (exact) mass is 298 g/mol. The van der Waals surface area contributed by atoms with Crippen molar-refractivity contribution in [3.63, 3.8) is 0 Å². The number of hydrogen-bond acceptors (Lipinski definition) is 4. The molecule has 106 valence electrons. The van der Waals surface area contributed by atoms with Crippen molar-refractivity contribution >= 4 is 22.9 Å². The average molecular weight is 298 g/mol. The van der Waals surface area contributed by atoms with Crippen LogP contribution in [0.15, 0.2) is 41.9 Å². The fraction of sp³-hybridized carbons (Fsp3) is 0.267. The number of thiophene rings is 1. The van der Waals surface area contributed by atoms with Crippen molar-refractivity contribution in [1.82, 2.24) is 19.5 Å². The predicted molar refractivity (Wildman–Crippen MR) is 80.3 cm³/mol. The number of hydrogen-bond donors (Lipinski definition) is 0. The summed E-state index contributed by atoms with van der Waals surface area (Å²) in [4.78, 5) is 15.3. The number of likely N-dealkylation sites (tertiary alicyclic amines) is 1. The highest BCUT2D eigenvalue weighted by Crippen LogP contribution is 2.32. The van der Waals surface area contributed by atoms with E-state index in [0.717, 1.165) is 35.7 Å². The highest BCUT2D eigenvalue weighted by Gasteiger charge is 2.33. The minimum atomic E-state index is 0.0111. The quantitative estimate of drug-likeness (QED) is 0.731. The van der Waals surface area contributed by atoms with Gasteiger partial charge in [0.1, 0.15) is 0 Å². The Morgan fingerprint density at radius 2 is 2.19 bits per heavy atom. The first-order valence-electron chi connectivity index (χ1n) is 6.99. The van der Waals surface area contributed by atoms with Gasteiger partial charge in [-0.25, -0.2) is 0 Å². The first-order valence-corrected chi connectivity index (χ1v) is 7.87. The van der Waals surface area contributed by atoms with Crippen molar-refractivity contribution in [3.05, 3.63) is 52.6 Å². The molecule has 1 saturated heterocycles. The third-order valence-corrected chi connectivity index (χ3v) is 4.74. The molecule has 0 aromatic carbocycles. The van der Waals surface area contributed by atoms with E-state index in [9.17, 15) is 4.79 Å².